The maximum absolute atomic E-state index is 13.5. The van der Waals surface area contributed by atoms with Crippen molar-refractivity contribution < 1.29 is 13.6 Å². The van der Waals surface area contributed by atoms with Crippen LogP contribution in [-0.2, 0) is 11.2 Å². The van der Waals surface area contributed by atoms with E-state index in [2.05, 4.69) is 17.6 Å². The molecule has 3 unspecified atom stereocenters. The van der Waals surface area contributed by atoms with Crippen molar-refractivity contribution in [3.63, 3.8) is 0 Å². The maximum atomic E-state index is 13.5. The van der Waals surface area contributed by atoms with E-state index < -0.39 is 11.6 Å². The molecule has 3 nitrogen and oxygen atoms in total. The SMILES string of the molecule is CC1CCNC(C)C1NC(=O)Cc1c(F)cccc1F.Cl. The first-order chi connectivity index (χ1) is 9.49. The van der Waals surface area contributed by atoms with Crippen LogP contribution in [0.5, 0.6) is 0 Å². The number of carbonyl (C=O) groups is 1. The topological polar surface area (TPSA) is 41.1 Å². The van der Waals surface area contributed by atoms with E-state index in [1.165, 1.54) is 18.2 Å². The summed E-state index contributed by atoms with van der Waals surface area (Å²) in [5.74, 6) is -1.35. The standard InChI is InChI=1S/C15H20F2N2O.ClH/c1-9-6-7-18-10(2)15(9)19-14(20)8-11-12(16)4-3-5-13(11)17;/h3-5,9-10,15,18H,6-8H2,1-2H3,(H,19,20);1H. The second-order valence-corrected chi connectivity index (χ2v) is 5.48. The first kappa shape index (κ1) is 17.9. The highest BCUT2D eigenvalue weighted by molar-refractivity contribution is 5.85. The average Bonchev–Trinajstić information content (AvgIpc) is 2.39. The molecule has 118 valence electrons. The van der Waals surface area contributed by atoms with Gasteiger partial charge in [-0.25, -0.2) is 8.78 Å². The molecule has 1 aliphatic rings. The third-order valence-corrected chi connectivity index (χ3v) is 3.94. The third kappa shape index (κ3) is 4.38. The van der Waals surface area contributed by atoms with Gasteiger partial charge in [0.15, 0.2) is 0 Å². The van der Waals surface area contributed by atoms with Gasteiger partial charge in [0.1, 0.15) is 11.6 Å². The van der Waals surface area contributed by atoms with Gasteiger partial charge in [0.2, 0.25) is 5.91 Å². The van der Waals surface area contributed by atoms with Crippen LogP contribution < -0.4 is 10.6 Å². The molecule has 1 aromatic carbocycles. The van der Waals surface area contributed by atoms with Crippen molar-refractivity contribution in [2.75, 3.05) is 6.54 Å². The summed E-state index contributed by atoms with van der Waals surface area (Å²) in [5, 5.41) is 6.18. The molecule has 0 bridgehead atoms. The van der Waals surface area contributed by atoms with Crippen LogP contribution in [0.3, 0.4) is 0 Å². The minimum absolute atomic E-state index is 0. The van der Waals surface area contributed by atoms with Gasteiger partial charge >= 0.3 is 0 Å². The van der Waals surface area contributed by atoms with Crippen LogP contribution in [0.1, 0.15) is 25.8 Å². The summed E-state index contributed by atoms with van der Waals surface area (Å²) in [6, 6.07) is 3.78. The first-order valence-electron chi connectivity index (χ1n) is 6.94. The molecule has 3 atom stereocenters. The summed E-state index contributed by atoms with van der Waals surface area (Å²) in [7, 11) is 0. The minimum atomic E-state index is -0.678. The van der Waals surface area contributed by atoms with Crippen molar-refractivity contribution in [2.24, 2.45) is 5.92 Å². The highest BCUT2D eigenvalue weighted by atomic mass is 35.5. The number of amides is 1. The summed E-state index contributed by atoms with van der Waals surface area (Å²) < 4.78 is 27.0. The molecule has 1 amide bonds. The first-order valence-corrected chi connectivity index (χ1v) is 6.94. The Labute approximate surface area is 129 Å². The van der Waals surface area contributed by atoms with Gasteiger partial charge in [-0.3, -0.25) is 4.79 Å². The molecular formula is C15H21ClF2N2O. The summed E-state index contributed by atoms with van der Waals surface area (Å²) >= 11 is 0. The van der Waals surface area contributed by atoms with Gasteiger partial charge in [-0.2, -0.15) is 0 Å². The van der Waals surface area contributed by atoms with Crippen LogP contribution in [0.4, 0.5) is 8.78 Å². The lowest BCUT2D eigenvalue weighted by Gasteiger charge is -2.36. The van der Waals surface area contributed by atoms with E-state index in [0.29, 0.717) is 5.92 Å². The second kappa shape index (κ2) is 7.71. The molecule has 1 fully saturated rings. The number of benzene rings is 1. The van der Waals surface area contributed by atoms with E-state index in [-0.39, 0.29) is 42.4 Å². The van der Waals surface area contributed by atoms with Crippen molar-refractivity contribution in [1.29, 1.82) is 0 Å². The normalized spacial score (nSPS) is 25.0. The Morgan fingerprint density at radius 1 is 1.33 bits per heavy atom. The summed E-state index contributed by atoms with van der Waals surface area (Å²) in [6.07, 6.45) is 0.706. The Morgan fingerprint density at radius 3 is 2.52 bits per heavy atom. The van der Waals surface area contributed by atoms with E-state index in [9.17, 15) is 13.6 Å². The van der Waals surface area contributed by atoms with E-state index >= 15 is 0 Å². The summed E-state index contributed by atoms with van der Waals surface area (Å²) in [4.78, 5) is 12.0. The quantitative estimate of drug-likeness (QED) is 0.898. The lowest BCUT2D eigenvalue weighted by Crippen LogP contribution is -2.56. The smallest absolute Gasteiger partial charge is 0.224 e. The highest BCUT2D eigenvalue weighted by Crippen LogP contribution is 2.17. The monoisotopic (exact) mass is 318 g/mol. The van der Waals surface area contributed by atoms with Crippen LogP contribution in [0.15, 0.2) is 18.2 Å². The summed E-state index contributed by atoms with van der Waals surface area (Å²) in [5.41, 5.74) is -0.172. The zero-order valence-corrected chi connectivity index (χ0v) is 13.0. The molecule has 0 aromatic heterocycles. The van der Waals surface area contributed by atoms with Crippen molar-refractivity contribution in [3.05, 3.63) is 35.4 Å². The maximum Gasteiger partial charge on any atom is 0.224 e. The number of hydrogen-bond donors (Lipinski definition) is 2. The van der Waals surface area contributed by atoms with Gasteiger partial charge in [-0.1, -0.05) is 13.0 Å². The van der Waals surface area contributed by atoms with Crippen molar-refractivity contribution in [3.8, 4) is 0 Å². The Morgan fingerprint density at radius 2 is 1.95 bits per heavy atom. The van der Waals surface area contributed by atoms with Crippen LogP contribution in [-0.4, -0.2) is 24.5 Å². The van der Waals surface area contributed by atoms with Gasteiger partial charge in [-0.05, 0) is 37.9 Å². The number of hydrogen-bond acceptors (Lipinski definition) is 2. The van der Waals surface area contributed by atoms with E-state index in [1.807, 2.05) is 6.92 Å². The fraction of sp³-hybridized carbons (Fsp3) is 0.533. The van der Waals surface area contributed by atoms with Crippen LogP contribution in [0.2, 0.25) is 0 Å². The largest absolute Gasteiger partial charge is 0.351 e. The van der Waals surface area contributed by atoms with Gasteiger partial charge in [0.05, 0.1) is 6.42 Å². The van der Waals surface area contributed by atoms with E-state index in [4.69, 9.17) is 0 Å². The van der Waals surface area contributed by atoms with Gasteiger partial charge < -0.3 is 10.6 Å². The molecular weight excluding hydrogens is 298 g/mol. The fourth-order valence-electron chi connectivity index (χ4n) is 2.70. The fourth-order valence-corrected chi connectivity index (χ4v) is 2.70. The van der Waals surface area contributed by atoms with Crippen LogP contribution in [0.25, 0.3) is 0 Å². The van der Waals surface area contributed by atoms with Gasteiger partial charge in [0, 0.05) is 17.6 Å². The molecule has 1 aromatic rings. The van der Waals surface area contributed by atoms with E-state index in [0.717, 1.165) is 13.0 Å². The van der Waals surface area contributed by atoms with Crippen molar-refractivity contribution in [1.82, 2.24) is 10.6 Å². The highest BCUT2D eigenvalue weighted by Gasteiger charge is 2.28. The molecule has 21 heavy (non-hydrogen) atoms. The second-order valence-electron chi connectivity index (χ2n) is 5.48. The van der Waals surface area contributed by atoms with Crippen LogP contribution in [0, 0.1) is 17.6 Å². The molecule has 0 saturated carbocycles. The molecule has 2 rings (SSSR count). The van der Waals surface area contributed by atoms with Crippen LogP contribution >= 0.6 is 12.4 Å². The number of rotatable bonds is 3. The van der Waals surface area contributed by atoms with Crippen molar-refractivity contribution >= 4 is 18.3 Å². The zero-order chi connectivity index (χ0) is 14.7. The predicted octanol–water partition coefficient (Wildman–Crippen LogP) is 2.43. The lowest BCUT2D eigenvalue weighted by atomic mass is 9.89. The molecule has 0 aliphatic carbocycles. The molecule has 1 heterocycles. The van der Waals surface area contributed by atoms with Crippen molar-refractivity contribution in [2.45, 2.75) is 38.8 Å². The number of nitrogens with one attached hydrogen (secondary N) is 2. The molecule has 2 N–H and O–H groups in total. The summed E-state index contributed by atoms with van der Waals surface area (Å²) in [6.45, 7) is 5.01. The number of halogens is 3. The molecule has 0 spiro atoms. The minimum Gasteiger partial charge on any atom is -0.351 e. The predicted molar refractivity (Wildman–Crippen MR) is 80.5 cm³/mol. The third-order valence-electron chi connectivity index (χ3n) is 3.94. The number of carbonyl (C=O) groups excluding carboxylic acids is 1. The Hall–Kier alpha value is -1.20. The molecule has 0 radical (unpaired) electrons. The molecule has 1 aliphatic heterocycles. The Bertz CT molecular complexity index is 468. The Balaban J connectivity index is 0.00000220. The molecule has 6 heteroatoms. The van der Waals surface area contributed by atoms with E-state index in [1.54, 1.807) is 0 Å². The lowest BCUT2D eigenvalue weighted by molar-refractivity contribution is -0.122. The Kier molecular flexibility index (Phi) is 6.55. The van der Waals surface area contributed by atoms with Gasteiger partial charge in [0.25, 0.3) is 0 Å². The average molecular weight is 319 g/mol. The molecule has 1 saturated heterocycles. The van der Waals surface area contributed by atoms with Gasteiger partial charge in [-0.15, -0.1) is 12.4 Å². The number of piperidine rings is 1. The zero-order valence-electron chi connectivity index (χ0n) is 12.2.